The van der Waals surface area contributed by atoms with Crippen LogP contribution in [0.3, 0.4) is 0 Å². The van der Waals surface area contributed by atoms with Gasteiger partial charge in [-0.2, -0.15) is 5.26 Å². The van der Waals surface area contributed by atoms with Crippen LogP contribution in [0.25, 0.3) is 0 Å². The highest BCUT2D eigenvalue weighted by Gasteiger charge is 2.68. The number of carboxylic acid groups (broad SMARTS) is 1. The number of ether oxygens (including phenoxy) is 1. The van der Waals surface area contributed by atoms with E-state index >= 15 is 0 Å². The fourth-order valence-corrected chi connectivity index (χ4v) is 29.4. The van der Waals surface area contributed by atoms with Crippen LogP contribution in [-0.2, 0) is 53.4 Å². The Bertz CT molecular complexity index is 4450. The van der Waals surface area contributed by atoms with Crippen LogP contribution in [0.5, 0.6) is 5.88 Å². The second-order valence-electron chi connectivity index (χ2n) is 40.6. The number of likely N-dealkylation sites (tertiary alicyclic amines) is 5. The van der Waals surface area contributed by atoms with E-state index in [0.29, 0.717) is 142 Å². The van der Waals surface area contributed by atoms with Gasteiger partial charge in [-0.15, -0.1) is 0 Å². The van der Waals surface area contributed by atoms with Crippen LogP contribution in [0.4, 0.5) is 8.78 Å². The molecule has 21 heteroatoms. The summed E-state index contributed by atoms with van der Waals surface area (Å²) in [5.41, 5.74) is 3.52. The molecule has 26 rings (SSSR count). The molecule has 19 nitrogen and oxygen atoms in total. The van der Waals surface area contributed by atoms with Crippen molar-refractivity contribution in [2.45, 2.75) is 220 Å². The lowest BCUT2D eigenvalue weighted by atomic mass is 9.41. The first-order valence-corrected chi connectivity index (χ1v) is 45.0. The summed E-state index contributed by atoms with van der Waals surface area (Å²) in [5, 5.41) is 58.3. The zero-order chi connectivity index (χ0) is 81.3. The monoisotopic (exact) mass is 1670 g/mol. The predicted octanol–water partition coefficient (Wildman–Crippen LogP) is 14.3. The third kappa shape index (κ3) is 16.1. The Kier molecular flexibility index (Phi) is 25.7. The maximum Gasteiger partial charge on any atom is 0.316 e. The second kappa shape index (κ2) is 35.3. The zero-order valence-corrected chi connectivity index (χ0v) is 67.9. The molecule has 1 aromatic heterocycles. The first kappa shape index (κ1) is 88.7. The highest BCUT2D eigenvalue weighted by Crippen LogP contribution is 2.70. The van der Waals surface area contributed by atoms with Crippen molar-refractivity contribution < 1.29 is 67.8 Å². The minimum absolute atomic E-state index is 0. The van der Waals surface area contributed by atoms with Gasteiger partial charge < -0.3 is 54.8 Å². The summed E-state index contributed by atoms with van der Waals surface area (Å²) >= 11 is 0. The molecule has 658 valence electrons. The van der Waals surface area contributed by atoms with Gasteiger partial charge in [-0.3, -0.25) is 28.8 Å². The predicted molar refractivity (Wildman–Crippen MR) is 460 cm³/mol. The molecule has 5 amide bonds. The lowest BCUT2D eigenvalue weighted by Gasteiger charge is -2.64. The maximum absolute atomic E-state index is 14.0. The molecule has 16 aliphatic carbocycles. The summed E-state index contributed by atoms with van der Waals surface area (Å²) in [5.74, 6) is 6.65. The molecular formula is C101H133F2N7O12. The van der Waals surface area contributed by atoms with Crippen molar-refractivity contribution in [3.05, 3.63) is 167 Å². The summed E-state index contributed by atoms with van der Waals surface area (Å²) < 4.78 is 33.4. The van der Waals surface area contributed by atoms with Gasteiger partial charge in [0.25, 0.3) is 0 Å². The van der Waals surface area contributed by atoms with E-state index in [1.807, 2.05) is 58.3 Å². The van der Waals surface area contributed by atoms with Crippen molar-refractivity contribution in [1.29, 1.82) is 5.26 Å². The van der Waals surface area contributed by atoms with E-state index in [2.05, 4.69) is 41.4 Å². The quantitative estimate of drug-likeness (QED) is 0.0511. The average molecular weight is 1680 g/mol. The van der Waals surface area contributed by atoms with Crippen LogP contribution in [0.2, 0.25) is 0 Å². The van der Waals surface area contributed by atoms with Gasteiger partial charge in [-0.25, -0.2) is 13.8 Å². The first-order chi connectivity index (χ1) is 57.0. The summed E-state index contributed by atoms with van der Waals surface area (Å²) in [6, 6.07) is 39.7. The van der Waals surface area contributed by atoms with Crippen LogP contribution in [0, 0.1) is 146 Å². The third-order valence-corrected chi connectivity index (χ3v) is 33.9. The number of hydrogen-bond acceptors (Lipinski definition) is 13. The van der Waals surface area contributed by atoms with E-state index in [-0.39, 0.29) is 112 Å². The van der Waals surface area contributed by atoms with Gasteiger partial charge in [0.15, 0.2) is 0 Å². The SMILES string of the molecule is C.C.C.C.N#Cc1ccc(OC2CN(C(=O)CC3(c4ccc(F)cc4)C4CC5CC(C4)CC3C5)C2)nc1.O=C(C(C(=O)N1CC(O)C1)C1(Cc2ccccc2)C2CC3CC(C2)CC1C3)N1CC(O)C1.O=C(N1CC(O)C1)C1(Cc2cccc(F)c2)C2CC3CC(C2)CC1C3.O=C(O)C(C(=O)N1CC(O)C1)C1(Cc2ccccc2)C2CC3CC(C2)CC1C3. The Morgan fingerprint density at radius 3 is 1.17 bits per heavy atom. The Hall–Kier alpha value is -8.16. The molecule has 5 aromatic rings. The summed E-state index contributed by atoms with van der Waals surface area (Å²) in [4.78, 5) is 93.8. The molecule has 5 N–H and O–H groups in total. The van der Waals surface area contributed by atoms with Gasteiger partial charge in [-0.1, -0.05) is 115 Å². The number of pyridine rings is 1. The molecule has 21 fully saturated rings. The van der Waals surface area contributed by atoms with E-state index < -0.39 is 41.5 Å². The molecule has 6 heterocycles. The van der Waals surface area contributed by atoms with E-state index in [4.69, 9.17) is 10.00 Å². The van der Waals surface area contributed by atoms with Crippen molar-refractivity contribution in [3.63, 3.8) is 0 Å². The Morgan fingerprint density at radius 2 is 0.795 bits per heavy atom. The number of carboxylic acids is 1. The number of rotatable bonds is 18. The molecule has 0 radical (unpaired) electrons. The van der Waals surface area contributed by atoms with Crippen LogP contribution < -0.4 is 4.74 Å². The summed E-state index contributed by atoms with van der Waals surface area (Å²) in [7, 11) is 0. The van der Waals surface area contributed by atoms with Crippen LogP contribution >= 0.6 is 0 Å². The molecule has 122 heavy (non-hydrogen) atoms. The second-order valence-corrected chi connectivity index (χ2v) is 40.6. The molecule has 4 aromatic carbocycles. The number of carbonyl (C=O) groups excluding carboxylic acids is 5. The van der Waals surface area contributed by atoms with E-state index in [9.17, 15) is 63.1 Å². The van der Waals surface area contributed by atoms with Crippen molar-refractivity contribution >= 4 is 35.5 Å². The molecule has 5 aliphatic heterocycles. The van der Waals surface area contributed by atoms with Gasteiger partial charge in [-0.05, 0) is 295 Å². The molecule has 1 unspecified atom stereocenters. The molecule has 5 saturated heterocycles. The molecular weight excluding hydrogens is 1540 g/mol. The Balaban J connectivity index is 0.000000126. The number of β-amino-alcohol motifs (C(OH)–C–C–N with tert-alkyl or cyclic N) is 4. The number of carbonyl (C=O) groups is 6. The number of aromatic nitrogens is 1. The summed E-state index contributed by atoms with van der Waals surface area (Å²) in [6.07, 6.45) is 25.7. The molecule has 16 bridgehead atoms. The van der Waals surface area contributed by atoms with Gasteiger partial charge in [0.2, 0.25) is 35.4 Å². The minimum Gasteiger partial charge on any atom is -0.481 e. The van der Waals surface area contributed by atoms with Gasteiger partial charge in [0, 0.05) is 87.3 Å². The van der Waals surface area contributed by atoms with E-state index in [1.165, 1.54) is 69.2 Å². The van der Waals surface area contributed by atoms with Gasteiger partial charge in [0.1, 0.15) is 35.6 Å². The molecule has 16 saturated carbocycles. The van der Waals surface area contributed by atoms with Crippen LogP contribution in [0.15, 0.2) is 128 Å². The van der Waals surface area contributed by atoms with Crippen molar-refractivity contribution in [2.75, 3.05) is 65.4 Å². The first-order valence-electron chi connectivity index (χ1n) is 45.0. The number of nitriles is 1. The molecule has 1 atom stereocenters. The fourth-order valence-electron chi connectivity index (χ4n) is 29.4. The maximum atomic E-state index is 14.0. The van der Waals surface area contributed by atoms with E-state index in [1.54, 1.807) is 51.1 Å². The number of benzene rings is 4. The Morgan fingerprint density at radius 1 is 0.418 bits per heavy atom. The summed E-state index contributed by atoms with van der Waals surface area (Å²) in [6.45, 7) is 3.89. The van der Waals surface area contributed by atoms with Crippen molar-refractivity contribution in [2.24, 2.45) is 123 Å². The normalized spacial score (nSPS) is 35.0. The van der Waals surface area contributed by atoms with Crippen LogP contribution in [0.1, 0.15) is 192 Å². The highest BCUT2D eigenvalue weighted by atomic mass is 19.1. The standard InChI is InChI=1S/C27H28FN3O2.C26H34N2O4.C23H29NO4.C21H26FNO2.4CH4/c28-23-4-2-20(3-5-23)27(21-8-18-7-19(10-21)11-22(27)9-18)12-26(32)31-15-24(16-31)33-25-6-1-17(13-29)14-30-25;29-21-12-27(13-21)24(31)23(25(32)28-14-22(30)15-28)26(11-16-4-2-1-3-5-16)19-7-17-6-18(9-19)10-20(26)8-17;25-19-12-24(13-19)21(26)20(22(27)28)23(11-14-4-2-1-3-5-14)17-7-15-6-16(9-17)10-18(23)8-15;22-18-3-1-2-13(9-18)10-21(20(25)23-11-19(24)12-23)16-5-14-4-15(7-16)8-17(21)6-14;;;;/h1-6,14,18-19,21-22,24H,7-12,15-16H2;1-5,17-23,29-30H,6-15H2;1-5,15-20,25H,6-13H2,(H,27,28);1-3,9,14-17,19,24H,4-8,10-12H2;4*1H4. The number of aliphatic hydroxyl groups excluding tert-OH is 4. The minimum atomic E-state index is -1.00. The van der Waals surface area contributed by atoms with Gasteiger partial charge in [0.05, 0.1) is 48.5 Å². The number of hydrogen-bond donors (Lipinski definition) is 5. The van der Waals surface area contributed by atoms with Gasteiger partial charge >= 0.3 is 5.97 Å². The number of aliphatic hydroxyl groups is 4. The average Bonchev–Trinajstić information content (AvgIpc) is 0.690. The lowest BCUT2D eigenvalue weighted by molar-refractivity contribution is -0.188. The number of amides is 5. The largest absolute Gasteiger partial charge is 0.481 e. The number of aliphatic carboxylic acids is 1. The Labute approximate surface area is 721 Å². The number of halogens is 2. The van der Waals surface area contributed by atoms with E-state index in [0.717, 1.165) is 136 Å². The number of nitrogens with zero attached hydrogens (tertiary/aromatic N) is 7. The van der Waals surface area contributed by atoms with Crippen molar-refractivity contribution in [1.82, 2.24) is 29.5 Å². The molecule has 0 spiro atoms. The third-order valence-electron chi connectivity index (χ3n) is 33.9. The topological polar surface area (TPSA) is 266 Å². The molecule has 21 aliphatic rings. The van der Waals surface area contributed by atoms with Crippen molar-refractivity contribution in [3.8, 4) is 11.9 Å². The van der Waals surface area contributed by atoms with Crippen LogP contribution in [-0.4, -0.2) is 186 Å². The zero-order valence-electron chi connectivity index (χ0n) is 67.9. The highest BCUT2D eigenvalue weighted by molar-refractivity contribution is 6.02. The fraction of sp³-hybridized carbons (Fsp3) is 0.644. The lowest BCUT2D eigenvalue weighted by Crippen LogP contribution is -2.68. The smallest absolute Gasteiger partial charge is 0.316 e.